The molecule has 1 aromatic rings. The first-order valence-electron chi connectivity index (χ1n) is 3.50. The fourth-order valence-electron chi connectivity index (χ4n) is 0.914. The molecule has 0 radical (unpaired) electrons. The van der Waals surface area contributed by atoms with E-state index in [4.69, 9.17) is 5.53 Å². The number of hydrogen-bond donors (Lipinski definition) is 0. The van der Waals surface area contributed by atoms with Crippen molar-refractivity contribution in [3.63, 3.8) is 0 Å². The van der Waals surface area contributed by atoms with E-state index in [1.807, 2.05) is 36.6 Å². The number of benzene rings is 1. The molecular formula is C8H9N3S. The summed E-state index contributed by atoms with van der Waals surface area (Å²) >= 11 is 1.53. The minimum atomic E-state index is -0.101. The molecule has 0 saturated carbocycles. The first-order valence-corrected chi connectivity index (χ1v) is 4.79. The zero-order valence-corrected chi connectivity index (χ0v) is 7.53. The Balaban J connectivity index is 2.87. The third-order valence-electron chi connectivity index (χ3n) is 1.46. The van der Waals surface area contributed by atoms with Gasteiger partial charge < -0.3 is 0 Å². The van der Waals surface area contributed by atoms with Crippen LogP contribution in [-0.4, -0.2) is 6.26 Å². The lowest BCUT2D eigenvalue weighted by Crippen LogP contribution is -1.86. The van der Waals surface area contributed by atoms with Crippen LogP contribution in [0.5, 0.6) is 0 Å². The highest BCUT2D eigenvalue weighted by Gasteiger charge is 2.04. The Labute approximate surface area is 75.4 Å². The molecule has 0 saturated heterocycles. The van der Waals surface area contributed by atoms with Crippen LogP contribution in [0.4, 0.5) is 0 Å². The third kappa shape index (κ3) is 2.19. The van der Waals surface area contributed by atoms with E-state index in [0.717, 1.165) is 5.56 Å². The summed E-state index contributed by atoms with van der Waals surface area (Å²) < 4.78 is 0. The Morgan fingerprint density at radius 2 is 2.08 bits per heavy atom. The molecule has 0 aliphatic rings. The van der Waals surface area contributed by atoms with Crippen molar-refractivity contribution in [1.29, 1.82) is 0 Å². The van der Waals surface area contributed by atoms with Gasteiger partial charge in [-0.25, -0.2) is 0 Å². The first-order chi connectivity index (χ1) is 5.88. The average Bonchev–Trinajstić information content (AvgIpc) is 2.15. The molecule has 0 heterocycles. The highest BCUT2D eigenvalue weighted by Crippen LogP contribution is 2.27. The van der Waals surface area contributed by atoms with Gasteiger partial charge in [-0.05, 0) is 17.4 Å². The molecular weight excluding hydrogens is 170 g/mol. The van der Waals surface area contributed by atoms with Gasteiger partial charge in [-0.1, -0.05) is 35.4 Å². The molecule has 0 aromatic heterocycles. The lowest BCUT2D eigenvalue weighted by atomic mass is 10.2. The SMILES string of the molecule is CSC(N=[N+]=[N-])c1ccccc1. The molecule has 62 valence electrons. The van der Waals surface area contributed by atoms with Crippen molar-refractivity contribution in [3.8, 4) is 0 Å². The van der Waals surface area contributed by atoms with E-state index in [0.29, 0.717) is 0 Å². The Hall–Kier alpha value is -1.12. The first kappa shape index (κ1) is 8.97. The van der Waals surface area contributed by atoms with Gasteiger partial charge >= 0.3 is 0 Å². The van der Waals surface area contributed by atoms with Gasteiger partial charge in [0.2, 0.25) is 0 Å². The van der Waals surface area contributed by atoms with Crippen LogP contribution in [0.15, 0.2) is 35.4 Å². The van der Waals surface area contributed by atoms with Crippen LogP contribution in [0.1, 0.15) is 10.9 Å². The maximum absolute atomic E-state index is 8.27. The summed E-state index contributed by atoms with van der Waals surface area (Å²) in [6.45, 7) is 0. The van der Waals surface area contributed by atoms with E-state index in [2.05, 4.69) is 10.0 Å². The smallest absolute Gasteiger partial charge is 0.108 e. The molecule has 0 amide bonds. The lowest BCUT2D eigenvalue weighted by Gasteiger charge is -2.06. The Kier molecular flexibility index (Phi) is 3.51. The summed E-state index contributed by atoms with van der Waals surface area (Å²) in [6.07, 6.45) is 1.92. The zero-order valence-electron chi connectivity index (χ0n) is 6.71. The van der Waals surface area contributed by atoms with Crippen molar-refractivity contribution >= 4 is 11.8 Å². The van der Waals surface area contributed by atoms with Gasteiger partial charge in [0, 0.05) is 4.91 Å². The minimum absolute atomic E-state index is 0.101. The van der Waals surface area contributed by atoms with Gasteiger partial charge in [-0.15, -0.1) is 0 Å². The van der Waals surface area contributed by atoms with Crippen LogP contribution in [0.2, 0.25) is 0 Å². The van der Waals surface area contributed by atoms with Crippen LogP contribution in [0.3, 0.4) is 0 Å². The van der Waals surface area contributed by atoms with E-state index in [-0.39, 0.29) is 5.37 Å². The van der Waals surface area contributed by atoms with Crippen molar-refractivity contribution in [1.82, 2.24) is 0 Å². The summed E-state index contributed by atoms with van der Waals surface area (Å²) in [5, 5.41) is 3.56. The van der Waals surface area contributed by atoms with Gasteiger partial charge in [0.25, 0.3) is 0 Å². The van der Waals surface area contributed by atoms with E-state index in [9.17, 15) is 0 Å². The number of rotatable bonds is 3. The molecule has 0 N–H and O–H groups in total. The normalized spacial score (nSPS) is 11.8. The molecule has 1 rings (SSSR count). The summed E-state index contributed by atoms with van der Waals surface area (Å²) in [4.78, 5) is 2.79. The fraction of sp³-hybridized carbons (Fsp3) is 0.250. The molecule has 12 heavy (non-hydrogen) atoms. The molecule has 0 spiro atoms. The zero-order chi connectivity index (χ0) is 8.81. The second kappa shape index (κ2) is 4.70. The quantitative estimate of drug-likeness (QED) is 0.398. The second-order valence-corrected chi connectivity index (χ2v) is 3.12. The molecule has 1 unspecified atom stereocenters. The summed E-state index contributed by atoms with van der Waals surface area (Å²) in [7, 11) is 0. The van der Waals surface area contributed by atoms with Crippen molar-refractivity contribution in [2.75, 3.05) is 6.26 Å². The molecule has 1 aromatic carbocycles. The van der Waals surface area contributed by atoms with E-state index in [1.54, 1.807) is 0 Å². The van der Waals surface area contributed by atoms with Crippen LogP contribution in [0.25, 0.3) is 10.4 Å². The summed E-state index contributed by atoms with van der Waals surface area (Å²) in [6, 6.07) is 9.72. The lowest BCUT2D eigenvalue weighted by molar-refractivity contribution is 1.02. The van der Waals surface area contributed by atoms with Crippen molar-refractivity contribution in [3.05, 3.63) is 46.3 Å². The fourth-order valence-corrected chi connectivity index (χ4v) is 1.48. The van der Waals surface area contributed by atoms with Gasteiger partial charge in [-0.3, -0.25) is 0 Å². The standard InChI is InChI=1S/C8H9N3S/c1-12-8(10-11-9)7-5-3-2-4-6-7/h2-6,8H,1H3. The second-order valence-electron chi connectivity index (χ2n) is 2.20. The predicted octanol–water partition coefficient (Wildman–Crippen LogP) is 3.36. The summed E-state index contributed by atoms with van der Waals surface area (Å²) in [5.41, 5.74) is 9.32. The number of hydrogen-bond acceptors (Lipinski definition) is 2. The number of nitrogens with zero attached hydrogens (tertiary/aromatic N) is 3. The molecule has 0 aliphatic carbocycles. The maximum atomic E-state index is 8.27. The third-order valence-corrected chi connectivity index (χ3v) is 2.28. The van der Waals surface area contributed by atoms with Gasteiger partial charge in [0.05, 0.1) is 0 Å². The largest absolute Gasteiger partial charge is 0.151 e. The highest BCUT2D eigenvalue weighted by molar-refractivity contribution is 7.98. The molecule has 1 atom stereocenters. The topological polar surface area (TPSA) is 48.8 Å². The van der Waals surface area contributed by atoms with E-state index < -0.39 is 0 Å². The maximum Gasteiger partial charge on any atom is 0.108 e. The Bertz CT molecular complexity index is 280. The van der Waals surface area contributed by atoms with E-state index >= 15 is 0 Å². The predicted molar refractivity (Wildman–Crippen MR) is 51.8 cm³/mol. The van der Waals surface area contributed by atoms with Gasteiger partial charge in [0.1, 0.15) is 5.37 Å². The molecule has 3 nitrogen and oxygen atoms in total. The van der Waals surface area contributed by atoms with E-state index in [1.165, 1.54) is 11.8 Å². The van der Waals surface area contributed by atoms with Crippen LogP contribution < -0.4 is 0 Å². The Morgan fingerprint density at radius 3 is 2.58 bits per heavy atom. The minimum Gasteiger partial charge on any atom is -0.151 e. The van der Waals surface area contributed by atoms with Crippen molar-refractivity contribution in [2.24, 2.45) is 5.11 Å². The van der Waals surface area contributed by atoms with Crippen molar-refractivity contribution in [2.45, 2.75) is 5.37 Å². The number of azide groups is 1. The van der Waals surface area contributed by atoms with Crippen molar-refractivity contribution < 1.29 is 0 Å². The Morgan fingerprint density at radius 1 is 1.42 bits per heavy atom. The van der Waals surface area contributed by atoms with Crippen LogP contribution in [-0.2, 0) is 0 Å². The summed E-state index contributed by atoms with van der Waals surface area (Å²) in [5.74, 6) is 0. The number of thioether (sulfide) groups is 1. The monoisotopic (exact) mass is 179 g/mol. The van der Waals surface area contributed by atoms with Gasteiger partial charge in [0.15, 0.2) is 0 Å². The molecule has 0 aliphatic heterocycles. The average molecular weight is 179 g/mol. The van der Waals surface area contributed by atoms with Crippen LogP contribution >= 0.6 is 11.8 Å². The van der Waals surface area contributed by atoms with Crippen LogP contribution in [0, 0.1) is 0 Å². The highest BCUT2D eigenvalue weighted by atomic mass is 32.2. The van der Waals surface area contributed by atoms with Gasteiger partial charge in [-0.2, -0.15) is 11.8 Å². The molecule has 4 heteroatoms. The molecule has 0 bridgehead atoms. The molecule has 0 fully saturated rings.